The van der Waals surface area contributed by atoms with E-state index in [1.54, 1.807) is 0 Å². The Hall–Kier alpha value is -0.570. The van der Waals surface area contributed by atoms with Crippen molar-refractivity contribution in [1.29, 1.82) is 0 Å². The zero-order valence-electron chi connectivity index (χ0n) is 7.22. The zero-order chi connectivity index (χ0) is 8.69. The molecule has 0 saturated carbocycles. The van der Waals surface area contributed by atoms with E-state index in [1.807, 2.05) is 13.8 Å². The molecule has 0 saturated heterocycles. The molecule has 0 bridgehead atoms. The fourth-order valence-electron chi connectivity index (χ4n) is 0.534. The van der Waals surface area contributed by atoms with Crippen LogP contribution in [0.2, 0.25) is 0 Å². The fourth-order valence-corrected chi connectivity index (χ4v) is 0.534. The third kappa shape index (κ3) is 7.33. The van der Waals surface area contributed by atoms with Crippen LogP contribution in [0.15, 0.2) is 0 Å². The Labute approximate surface area is 68.1 Å². The van der Waals surface area contributed by atoms with Crippen LogP contribution in [-0.4, -0.2) is 25.7 Å². The highest BCUT2D eigenvalue weighted by Crippen LogP contribution is 1.86. The minimum Gasteiger partial charge on any atom is -0.372 e. The zero-order valence-corrected chi connectivity index (χ0v) is 7.22. The van der Waals surface area contributed by atoms with Gasteiger partial charge >= 0.3 is 0 Å². The van der Waals surface area contributed by atoms with Crippen LogP contribution in [0, 0.1) is 12.8 Å². The number of carbonyl (C=O) groups excluding carboxylic acids is 1. The molecule has 3 nitrogen and oxygen atoms in total. The summed E-state index contributed by atoms with van der Waals surface area (Å²) in [6, 6.07) is 0. The van der Waals surface area contributed by atoms with Crippen molar-refractivity contribution in [1.82, 2.24) is 5.32 Å². The molecule has 0 aromatic rings. The molecular formula is C8H16NO2. The van der Waals surface area contributed by atoms with Gasteiger partial charge in [-0.05, 0) is 12.8 Å². The Morgan fingerprint density at radius 1 is 1.64 bits per heavy atom. The van der Waals surface area contributed by atoms with Gasteiger partial charge in [0.25, 0.3) is 0 Å². The lowest BCUT2D eigenvalue weighted by atomic mass is 10.2. The molecule has 0 aliphatic rings. The van der Waals surface area contributed by atoms with E-state index >= 15 is 0 Å². The van der Waals surface area contributed by atoms with Crippen molar-refractivity contribution in [2.75, 3.05) is 19.8 Å². The quantitative estimate of drug-likeness (QED) is 0.636. The van der Waals surface area contributed by atoms with E-state index < -0.39 is 0 Å². The molecule has 0 unspecified atom stereocenters. The highest BCUT2D eigenvalue weighted by atomic mass is 16.5. The Morgan fingerprint density at radius 3 is 2.73 bits per heavy atom. The van der Waals surface area contributed by atoms with Gasteiger partial charge in [0.05, 0.1) is 0 Å². The number of amides is 1. The van der Waals surface area contributed by atoms with Gasteiger partial charge in [-0.1, -0.05) is 13.8 Å². The standard InChI is InChI=1S/C8H16NO2/c1-4-11-6-8(10)9-5-7(2)3/h7H,1,4-6H2,2-3H3,(H,9,10). The molecule has 0 spiro atoms. The molecule has 3 heteroatoms. The van der Waals surface area contributed by atoms with Gasteiger partial charge < -0.3 is 10.1 Å². The SMILES string of the molecule is [CH2]COCC(=O)NCC(C)C. The predicted molar refractivity (Wildman–Crippen MR) is 44.0 cm³/mol. The molecule has 0 rings (SSSR count). The van der Waals surface area contributed by atoms with Crippen molar-refractivity contribution in [3.63, 3.8) is 0 Å². The van der Waals surface area contributed by atoms with Crippen molar-refractivity contribution in [2.45, 2.75) is 13.8 Å². The van der Waals surface area contributed by atoms with Crippen molar-refractivity contribution in [2.24, 2.45) is 5.92 Å². The molecule has 1 amide bonds. The molecule has 0 aliphatic carbocycles. The van der Waals surface area contributed by atoms with Gasteiger partial charge in [-0.2, -0.15) is 0 Å². The van der Waals surface area contributed by atoms with E-state index in [-0.39, 0.29) is 12.5 Å². The average Bonchev–Trinajstić information content (AvgIpc) is 1.97. The van der Waals surface area contributed by atoms with Crippen LogP contribution in [0.3, 0.4) is 0 Å². The molecule has 0 fully saturated rings. The van der Waals surface area contributed by atoms with E-state index in [0.717, 1.165) is 0 Å². The average molecular weight is 158 g/mol. The van der Waals surface area contributed by atoms with E-state index in [2.05, 4.69) is 12.2 Å². The van der Waals surface area contributed by atoms with Gasteiger partial charge in [-0.3, -0.25) is 4.79 Å². The van der Waals surface area contributed by atoms with Gasteiger partial charge in [0.15, 0.2) is 0 Å². The second kappa shape index (κ2) is 6.16. The van der Waals surface area contributed by atoms with E-state index in [1.165, 1.54) is 0 Å². The Kier molecular flexibility index (Phi) is 5.84. The first kappa shape index (κ1) is 10.4. The van der Waals surface area contributed by atoms with Crippen LogP contribution in [0.4, 0.5) is 0 Å². The minimum absolute atomic E-state index is 0.0673. The monoisotopic (exact) mass is 158 g/mol. The number of hydrogen-bond acceptors (Lipinski definition) is 2. The van der Waals surface area contributed by atoms with E-state index in [4.69, 9.17) is 4.74 Å². The number of ether oxygens (including phenoxy) is 1. The molecule has 0 heterocycles. The molecule has 0 aliphatic heterocycles. The van der Waals surface area contributed by atoms with Gasteiger partial charge in [-0.15, -0.1) is 0 Å². The number of hydrogen-bond donors (Lipinski definition) is 1. The molecular weight excluding hydrogens is 142 g/mol. The Bertz CT molecular complexity index is 113. The van der Waals surface area contributed by atoms with Gasteiger partial charge in [0, 0.05) is 13.2 Å². The lowest BCUT2D eigenvalue weighted by Crippen LogP contribution is -2.30. The normalized spacial score (nSPS) is 10.2. The van der Waals surface area contributed by atoms with Crippen molar-refractivity contribution in [3.05, 3.63) is 6.92 Å². The van der Waals surface area contributed by atoms with Crippen molar-refractivity contribution in [3.8, 4) is 0 Å². The number of rotatable bonds is 5. The molecule has 11 heavy (non-hydrogen) atoms. The van der Waals surface area contributed by atoms with Crippen LogP contribution in [0.25, 0.3) is 0 Å². The first-order valence-corrected chi connectivity index (χ1v) is 3.80. The summed E-state index contributed by atoms with van der Waals surface area (Å²) >= 11 is 0. The summed E-state index contributed by atoms with van der Waals surface area (Å²) < 4.78 is 4.80. The van der Waals surface area contributed by atoms with Gasteiger partial charge in [0.1, 0.15) is 6.61 Å². The summed E-state index contributed by atoms with van der Waals surface area (Å²) in [6.45, 7) is 8.71. The lowest BCUT2D eigenvalue weighted by Gasteiger charge is -2.06. The summed E-state index contributed by atoms with van der Waals surface area (Å²) in [5.74, 6) is 0.418. The van der Waals surface area contributed by atoms with Crippen molar-refractivity contribution >= 4 is 5.91 Å². The Balaban J connectivity index is 3.23. The van der Waals surface area contributed by atoms with E-state index in [0.29, 0.717) is 19.1 Å². The highest BCUT2D eigenvalue weighted by Gasteiger charge is 2.00. The molecule has 0 aromatic heterocycles. The number of nitrogens with one attached hydrogen (secondary N) is 1. The van der Waals surface area contributed by atoms with Crippen LogP contribution >= 0.6 is 0 Å². The van der Waals surface area contributed by atoms with Crippen molar-refractivity contribution < 1.29 is 9.53 Å². The van der Waals surface area contributed by atoms with Gasteiger partial charge in [-0.25, -0.2) is 0 Å². The molecule has 1 radical (unpaired) electrons. The topological polar surface area (TPSA) is 38.3 Å². The summed E-state index contributed by atoms with van der Waals surface area (Å²) in [5.41, 5.74) is 0. The maximum Gasteiger partial charge on any atom is 0.246 e. The number of carbonyl (C=O) groups is 1. The molecule has 0 aromatic carbocycles. The van der Waals surface area contributed by atoms with Crippen LogP contribution in [0.1, 0.15) is 13.8 Å². The third-order valence-electron chi connectivity index (χ3n) is 1.08. The molecule has 65 valence electrons. The smallest absolute Gasteiger partial charge is 0.246 e. The predicted octanol–water partition coefficient (Wildman–Crippen LogP) is 0.609. The maximum absolute atomic E-state index is 10.8. The lowest BCUT2D eigenvalue weighted by molar-refractivity contribution is -0.125. The van der Waals surface area contributed by atoms with Crippen LogP contribution in [-0.2, 0) is 9.53 Å². The highest BCUT2D eigenvalue weighted by molar-refractivity contribution is 5.77. The first-order chi connectivity index (χ1) is 5.16. The maximum atomic E-state index is 10.8. The summed E-state index contributed by atoms with van der Waals surface area (Å²) in [7, 11) is 0. The Morgan fingerprint density at radius 2 is 2.27 bits per heavy atom. The minimum atomic E-state index is -0.0673. The summed E-state index contributed by atoms with van der Waals surface area (Å²) in [4.78, 5) is 10.8. The fraction of sp³-hybridized carbons (Fsp3) is 0.750. The summed E-state index contributed by atoms with van der Waals surface area (Å²) in [6.07, 6.45) is 0. The second-order valence-electron chi connectivity index (χ2n) is 2.75. The van der Waals surface area contributed by atoms with Crippen LogP contribution < -0.4 is 5.32 Å². The van der Waals surface area contributed by atoms with E-state index in [9.17, 15) is 4.79 Å². The third-order valence-corrected chi connectivity index (χ3v) is 1.08. The van der Waals surface area contributed by atoms with Gasteiger partial charge in [0.2, 0.25) is 5.91 Å². The largest absolute Gasteiger partial charge is 0.372 e. The second-order valence-corrected chi connectivity index (χ2v) is 2.75. The molecule has 1 N–H and O–H groups in total. The first-order valence-electron chi connectivity index (χ1n) is 3.80. The summed E-state index contributed by atoms with van der Waals surface area (Å²) in [5, 5.41) is 2.73. The van der Waals surface area contributed by atoms with Crippen LogP contribution in [0.5, 0.6) is 0 Å². The molecule has 0 atom stereocenters.